The van der Waals surface area contributed by atoms with Crippen LogP contribution >= 0.6 is 22.6 Å². The average molecular weight is 491 g/mol. The molecule has 2 amide bonds. The van der Waals surface area contributed by atoms with Crippen LogP contribution < -0.4 is 5.32 Å². The molecule has 0 radical (unpaired) electrons. The number of anilines is 1. The number of benzene rings is 2. The molecule has 28 heavy (non-hydrogen) atoms. The van der Waals surface area contributed by atoms with Crippen molar-refractivity contribution >= 4 is 40.1 Å². The van der Waals surface area contributed by atoms with Gasteiger partial charge in [-0.3, -0.25) is 14.5 Å². The van der Waals surface area contributed by atoms with Gasteiger partial charge in [-0.05, 0) is 65.3 Å². The fourth-order valence-electron chi connectivity index (χ4n) is 3.47. The molecule has 3 rings (SSSR count). The third kappa shape index (κ3) is 5.32. The van der Waals surface area contributed by atoms with Gasteiger partial charge in [0.15, 0.2) is 0 Å². The number of halogens is 1. The van der Waals surface area contributed by atoms with Gasteiger partial charge in [0, 0.05) is 48.9 Å². The molecule has 1 saturated heterocycles. The number of nitrogens with zero attached hydrogens (tertiary/aromatic N) is 2. The first-order valence-electron chi connectivity index (χ1n) is 9.57. The van der Waals surface area contributed by atoms with E-state index >= 15 is 0 Å². The van der Waals surface area contributed by atoms with Gasteiger partial charge in [0.1, 0.15) is 0 Å². The molecule has 0 saturated carbocycles. The summed E-state index contributed by atoms with van der Waals surface area (Å²) in [7, 11) is 0. The third-order valence-corrected chi connectivity index (χ3v) is 6.41. The van der Waals surface area contributed by atoms with Crippen molar-refractivity contribution in [3.63, 3.8) is 0 Å². The summed E-state index contributed by atoms with van der Waals surface area (Å²) >= 11 is 2.27. The Balaban J connectivity index is 1.59. The quantitative estimate of drug-likeness (QED) is 0.661. The lowest BCUT2D eigenvalue weighted by Gasteiger charge is -2.23. The zero-order valence-electron chi connectivity index (χ0n) is 16.4. The number of carbonyl (C=O) groups excluding carboxylic acids is 2. The minimum atomic E-state index is -0.0618. The maximum atomic E-state index is 13.0. The molecule has 1 heterocycles. The fraction of sp³-hybridized carbons (Fsp3) is 0.364. The van der Waals surface area contributed by atoms with E-state index in [0.717, 1.165) is 59.5 Å². The van der Waals surface area contributed by atoms with Crippen LogP contribution in [0, 0.1) is 10.5 Å². The van der Waals surface area contributed by atoms with Crippen molar-refractivity contribution in [2.45, 2.75) is 26.8 Å². The molecule has 2 aromatic carbocycles. The minimum Gasteiger partial charge on any atom is -0.337 e. The lowest BCUT2D eigenvalue weighted by Crippen LogP contribution is -2.35. The summed E-state index contributed by atoms with van der Waals surface area (Å²) < 4.78 is 1.05. The molecule has 0 atom stereocenters. The largest absolute Gasteiger partial charge is 0.337 e. The van der Waals surface area contributed by atoms with Crippen molar-refractivity contribution in [1.29, 1.82) is 0 Å². The summed E-state index contributed by atoms with van der Waals surface area (Å²) in [5, 5.41) is 2.79. The van der Waals surface area contributed by atoms with Crippen LogP contribution in [0.25, 0.3) is 0 Å². The molecule has 0 spiro atoms. The van der Waals surface area contributed by atoms with Gasteiger partial charge in [-0.25, -0.2) is 0 Å². The highest BCUT2D eigenvalue weighted by molar-refractivity contribution is 14.1. The van der Waals surface area contributed by atoms with Crippen LogP contribution in [0.2, 0.25) is 0 Å². The van der Waals surface area contributed by atoms with Crippen molar-refractivity contribution in [2.24, 2.45) is 0 Å². The van der Waals surface area contributed by atoms with Crippen LogP contribution in [0.3, 0.4) is 0 Å². The Morgan fingerprint density at radius 3 is 2.50 bits per heavy atom. The molecule has 0 aromatic heterocycles. The summed E-state index contributed by atoms with van der Waals surface area (Å²) in [5.41, 5.74) is 3.98. The van der Waals surface area contributed by atoms with Gasteiger partial charge in [-0.1, -0.05) is 24.3 Å². The highest BCUT2D eigenvalue weighted by atomic mass is 127. The van der Waals surface area contributed by atoms with Crippen molar-refractivity contribution in [3.05, 3.63) is 62.7 Å². The standard InChI is InChI=1S/C22H26IN3O2/c1-16-5-3-6-20(21(16)23)22(28)26-12-4-11-25(13-14-26)15-18-7-9-19(10-8-18)24-17(2)27/h3,5-10H,4,11-15H2,1-2H3,(H,24,27). The SMILES string of the molecule is CC(=O)Nc1ccc(CN2CCCN(C(=O)c3cccc(C)c3I)CC2)cc1. The lowest BCUT2D eigenvalue weighted by molar-refractivity contribution is -0.114. The van der Waals surface area contributed by atoms with Gasteiger partial charge in [0.2, 0.25) is 5.91 Å². The number of amides is 2. The summed E-state index contributed by atoms with van der Waals surface area (Å²) in [5.74, 6) is 0.0721. The van der Waals surface area contributed by atoms with E-state index in [-0.39, 0.29) is 11.8 Å². The number of hydrogen-bond acceptors (Lipinski definition) is 3. The average Bonchev–Trinajstić information content (AvgIpc) is 2.90. The van der Waals surface area contributed by atoms with E-state index < -0.39 is 0 Å². The fourth-order valence-corrected chi connectivity index (χ4v) is 4.06. The van der Waals surface area contributed by atoms with Gasteiger partial charge < -0.3 is 10.2 Å². The molecular weight excluding hydrogens is 465 g/mol. The van der Waals surface area contributed by atoms with E-state index in [2.05, 4.69) is 32.8 Å². The first-order chi connectivity index (χ1) is 13.4. The van der Waals surface area contributed by atoms with E-state index in [1.165, 1.54) is 12.5 Å². The van der Waals surface area contributed by atoms with Crippen molar-refractivity contribution in [1.82, 2.24) is 9.80 Å². The Labute approximate surface area is 180 Å². The van der Waals surface area contributed by atoms with Crippen LogP contribution in [0.15, 0.2) is 42.5 Å². The Morgan fingerprint density at radius 1 is 1.04 bits per heavy atom. The second-order valence-corrected chi connectivity index (χ2v) is 8.32. The van der Waals surface area contributed by atoms with Crippen LogP contribution in [-0.4, -0.2) is 47.8 Å². The highest BCUT2D eigenvalue weighted by Crippen LogP contribution is 2.20. The van der Waals surface area contributed by atoms with Crippen LogP contribution in [-0.2, 0) is 11.3 Å². The summed E-state index contributed by atoms with van der Waals surface area (Å²) in [6, 6.07) is 13.9. The van der Waals surface area contributed by atoms with Gasteiger partial charge >= 0.3 is 0 Å². The molecule has 5 nitrogen and oxygen atoms in total. The maximum Gasteiger partial charge on any atom is 0.254 e. The van der Waals surface area contributed by atoms with Crippen LogP contribution in [0.1, 0.15) is 34.8 Å². The zero-order chi connectivity index (χ0) is 20.1. The minimum absolute atomic E-state index is 0.0618. The Kier molecular flexibility index (Phi) is 7.07. The first kappa shape index (κ1) is 20.8. The molecule has 0 aliphatic carbocycles. The molecular formula is C22H26IN3O2. The Bertz CT molecular complexity index is 851. The van der Waals surface area contributed by atoms with E-state index in [1.807, 2.05) is 54.3 Å². The smallest absolute Gasteiger partial charge is 0.254 e. The number of aryl methyl sites for hydroxylation is 1. The van der Waals surface area contributed by atoms with E-state index in [9.17, 15) is 9.59 Å². The molecule has 0 bridgehead atoms. The number of nitrogens with one attached hydrogen (secondary N) is 1. The molecule has 2 aromatic rings. The van der Waals surface area contributed by atoms with Crippen molar-refractivity contribution < 1.29 is 9.59 Å². The molecule has 148 valence electrons. The van der Waals surface area contributed by atoms with E-state index in [0.29, 0.717) is 0 Å². The Hall–Kier alpha value is -1.93. The van der Waals surface area contributed by atoms with Crippen molar-refractivity contribution in [3.8, 4) is 0 Å². The van der Waals surface area contributed by atoms with E-state index in [1.54, 1.807) is 0 Å². The molecule has 1 aliphatic rings. The lowest BCUT2D eigenvalue weighted by atomic mass is 10.1. The van der Waals surface area contributed by atoms with Gasteiger partial charge in [-0.15, -0.1) is 0 Å². The van der Waals surface area contributed by atoms with Gasteiger partial charge in [-0.2, -0.15) is 0 Å². The van der Waals surface area contributed by atoms with Crippen molar-refractivity contribution in [2.75, 3.05) is 31.5 Å². The molecule has 6 heteroatoms. The summed E-state index contributed by atoms with van der Waals surface area (Å²) in [4.78, 5) is 28.5. The summed E-state index contributed by atoms with van der Waals surface area (Å²) in [6.07, 6.45) is 0.970. The van der Waals surface area contributed by atoms with Crippen LogP contribution in [0.5, 0.6) is 0 Å². The summed E-state index contributed by atoms with van der Waals surface area (Å²) in [6.45, 7) is 7.78. The maximum absolute atomic E-state index is 13.0. The third-order valence-electron chi connectivity index (χ3n) is 4.98. The number of rotatable bonds is 4. The van der Waals surface area contributed by atoms with E-state index in [4.69, 9.17) is 0 Å². The molecule has 1 aliphatic heterocycles. The molecule has 0 unspecified atom stereocenters. The zero-order valence-corrected chi connectivity index (χ0v) is 18.5. The topological polar surface area (TPSA) is 52.7 Å². The normalized spacial score (nSPS) is 15.2. The predicted octanol–water partition coefficient (Wildman–Crippen LogP) is 3.91. The first-order valence-corrected chi connectivity index (χ1v) is 10.6. The predicted molar refractivity (Wildman–Crippen MR) is 120 cm³/mol. The molecule has 1 N–H and O–H groups in total. The van der Waals surface area contributed by atoms with Crippen LogP contribution in [0.4, 0.5) is 5.69 Å². The Morgan fingerprint density at radius 2 is 1.79 bits per heavy atom. The number of carbonyl (C=O) groups is 2. The number of hydrogen-bond donors (Lipinski definition) is 1. The second-order valence-electron chi connectivity index (χ2n) is 7.24. The second kappa shape index (κ2) is 9.52. The highest BCUT2D eigenvalue weighted by Gasteiger charge is 2.22. The van der Waals surface area contributed by atoms with Gasteiger partial charge in [0.05, 0.1) is 5.56 Å². The molecule has 1 fully saturated rings. The van der Waals surface area contributed by atoms with Gasteiger partial charge in [0.25, 0.3) is 5.91 Å². The monoisotopic (exact) mass is 491 g/mol.